The van der Waals surface area contributed by atoms with Gasteiger partial charge in [0.25, 0.3) is 0 Å². The molecule has 2 unspecified atom stereocenters. The fourth-order valence-electron chi connectivity index (χ4n) is 1.31. The zero-order chi connectivity index (χ0) is 9.97. The second kappa shape index (κ2) is 4.11. The van der Waals surface area contributed by atoms with Crippen molar-refractivity contribution in [2.75, 3.05) is 18.5 Å². The van der Waals surface area contributed by atoms with E-state index in [1.54, 1.807) is 6.07 Å². The van der Waals surface area contributed by atoms with Crippen LogP contribution in [0.15, 0.2) is 18.3 Å². The average Bonchev–Trinajstić information content (AvgIpc) is 2.56. The number of hydrogen-bond acceptors (Lipinski definition) is 3. The Bertz CT molecular complexity index is 306. The largest absolute Gasteiger partial charge is 0.378 e. The summed E-state index contributed by atoms with van der Waals surface area (Å²) in [6.45, 7) is 1.10. The van der Waals surface area contributed by atoms with Gasteiger partial charge in [-0.25, -0.2) is 9.37 Å². The minimum Gasteiger partial charge on any atom is -0.378 e. The van der Waals surface area contributed by atoms with E-state index in [-0.39, 0.29) is 17.2 Å². The topological polar surface area (TPSA) is 34.1 Å². The maximum Gasteiger partial charge on any atom is 0.141 e. The molecule has 1 aliphatic rings. The zero-order valence-electron chi connectivity index (χ0n) is 7.41. The third-order valence-corrected chi connectivity index (χ3v) is 2.50. The molecule has 1 saturated heterocycles. The summed E-state index contributed by atoms with van der Waals surface area (Å²) in [6, 6.07) is 2.99. The van der Waals surface area contributed by atoms with Crippen LogP contribution in [0.5, 0.6) is 0 Å². The summed E-state index contributed by atoms with van der Waals surface area (Å²) in [4.78, 5) is 3.88. The van der Waals surface area contributed by atoms with E-state index in [0.29, 0.717) is 19.0 Å². The predicted molar refractivity (Wildman–Crippen MR) is 52.1 cm³/mol. The predicted octanol–water partition coefficient (Wildman–Crippen LogP) is 1.64. The summed E-state index contributed by atoms with van der Waals surface area (Å²) >= 11 is 5.97. The standard InChI is InChI=1S/C9H10ClFN2O/c10-7-4-14-5-8(7)13-9-2-1-6(11)3-12-9/h1-3,7-8H,4-5H2,(H,12,13). The second-order valence-corrected chi connectivity index (χ2v) is 3.73. The number of nitrogens with zero attached hydrogens (tertiary/aromatic N) is 1. The highest BCUT2D eigenvalue weighted by molar-refractivity contribution is 6.21. The molecule has 1 aliphatic heterocycles. The molecule has 14 heavy (non-hydrogen) atoms. The first-order valence-electron chi connectivity index (χ1n) is 4.35. The van der Waals surface area contributed by atoms with Crippen molar-refractivity contribution in [3.8, 4) is 0 Å². The van der Waals surface area contributed by atoms with Gasteiger partial charge in [0.15, 0.2) is 0 Å². The van der Waals surface area contributed by atoms with Gasteiger partial charge < -0.3 is 10.1 Å². The lowest BCUT2D eigenvalue weighted by molar-refractivity contribution is 0.196. The molecule has 0 aromatic carbocycles. The fourth-order valence-corrected chi connectivity index (χ4v) is 1.54. The van der Waals surface area contributed by atoms with Crippen molar-refractivity contribution in [3.63, 3.8) is 0 Å². The summed E-state index contributed by atoms with van der Waals surface area (Å²) in [5.41, 5.74) is 0. The van der Waals surface area contributed by atoms with Crippen molar-refractivity contribution < 1.29 is 9.13 Å². The van der Waals surface area contributed by atoms with Gasteiger partial charge in [-0.15, -0.1) is 11.6 Å². The SMILES string of the molecule is Fc1ccc(NC2COCC2Cl)nc1. The van der Waals surface area contributed by atoms with Crippen LogP contribution in [-0.4, -0.2) is 29.6 Å². The monoisotopic (exact) mass is 216 g/mol. The first kappa shape index (κ1) is 9.68. The van der Waals surface area contributed by atoms with Crippen LogP contribution in [0.4, 0.5) is 10.2 Å². The highest BCUT2D eigenvalue weighted by Crippen LogP contribution is 2.16. The van der Waals surface area contributed by atoms with E-state index in [0.717, 1.165) is 0 Å². The highest BCUT2D eigenvalue weighted by Gasteiger charge is 2.26. The molecule has 0 bridgehead atoms. The van der Waals surface area contributed by atoms with Crippen LogP contribution in [0, 0.1) is 5.82 Å². The summed E-state index contributed by atoms with van der Waals surface area (Å²) in [6.07, 6.45) is 1.17. The smallest absolute Gasteiger partial charge is 0.141 e. The Morgan fingerprint density at radius 1 is 1.50 bits per heavy atom. The molecule has 0 saturated carbocycles. The van der Waals surface area contributed by atoms with Crippen LogP contribution in [0.25, 0.3) is 0 Å². The molecule has 1 aromatic rings. The van der Waals surface area contributed by atoms with Gasteiger partial charge in [0.2, 0.25) is 0 Å². The third-order valence-electron chi connectivity index (χ3n) is 2.07. The molecule has 0 radical (unpaired) electrons. The molecule has 0 aliphatic carbocycles. The lowest BCUT2D eigenvalue weighted by Crippen LogP contribution is -2.28. The minimum atomic E-state index is -0.347. The van der Waals surface area contributed by atoms with Gasteiger partial charge in [0, 0.05) is 0 Å². The van der Waals surface area contributed by atoms with Crippen molar-refractivity contribution in [3.05, 3.63) is 24.1 Å². The normalized spacial score (nSPS) is 26.4. The summed E-state index contributed by atoms with van der Waals surface area (Å²) in [5.74, 6) is 0.271. The number of pyridine rings is 1. The Morgan fingerprint density at radius 3 is 2.93 bits per heavy atom. The van der Waals surface area contributed by atoms with Crippen molar-refractivity contribution in [2.24, 2.45) is 0 Å². The molecular formula is C9H10ClFN2O. The molecule has 76 valence electrons. The quantitative estimate of drug-likeness (QED) is 0.764. The molecular weight excluding hydrogens is 207 g/mol. The molecule has 1 N–H and O–H groups in total. The number of ether oxygens (including phenoxy) is 1. The van der Waals surface area contributed by atoms with Crippen LogP contribution in [0.3, 0.4) is 0 Å². The van der Waals surface area contributed by atoms with Gasteiger partial charge in [-0.05, 0) is 12.1 Å². The third kappa shape index (κ3) is 2.13. The van der Waals surface area contributed by atoms with Gasteiger partial charge in [-0.3, -0.25) is 0 Å². The molecule has 0 amide bonds. The number of aromatic nitrogens is 1. The Balaban J connectivity index is 2.00. The highest BCUT2D eigenvalue weighted by atomic mass is 35.5. The maximum atomic E-state index is 12.5. The van der Waals surface area contributed by atoms with Gasteiger partial charge in [-0.1, -0.05) is 0 Å². The first-order valence-corrected chi connectivity index (χ1v) is 4.79. The van der Waals surface area contributed by atoms with E-state index in [9.17, 15) is 4.39 Å². The molecule has 1 fully saturated rings. The molecule has 0 spiro atoms. The lowest BCUT2D eigenvalue weighted by atomic mass is 10.2. The van der Waals surface area contributed by atoms with Crippen LogP contribution in [0.1, 0.15) is 0 Å². The Kier molecular flexibility index (Phi) is 2.84. The van der Waals surface area contributed by atoms with Crippen molar-refractivity contribution >= 4 is 17.4 Å². The molecule has 2 atom stereocenters. The molecule has 1 aromatic heterocycles. The maximum absolute atomic E-state index is 12.5. The first-order chi connectivity index (χ1) is 6.75. The molecule has 2 rings (SSSR count). The molecule has 2 heterocycles. The van der Waals surface area contributed by atoms with E-state index < -0.39 is 0 Å². The lowest BCUT2D eigenvalue weighted by Gasteiger charge is -2.14. The van der Waals surface area contributed by atoms with E-state index >= 15 is 0 Å². The number of anilines is 1. The van der Waals surface area contributed by atoms with Crippen molar-refractivity contribution in [1.82, 2.24) is 4.98 Å². The second-order valence-electron chi connectivity index (χ2n) is 3.17. The number of halogens is 2. The molecule has 3 nitrogen and oxygen atoms in total. The minimum absolute atomic E-state index is 0.0506. The van der Waals surface area contributed by atoms with Crippen LogP contribution in [0.2, 0.25) is 0 Å². The van der Waals surface area contributed by atoms with Gasteiger partial charge in [0.1, 0.15) is 11.6 Å². The Labute approximate surface area is 86.2 Å². The van der Waals surface area contributed by atoms with Crippen LogP contribution < -0.4 is 5.32 Å². The van der Waals surface area contributed by atoms with E-state index in [2.05, 4.69) is 10.3 Å². The molecule has 5 heteroatoms. The van der Waals surface area contributed by atoms with Crippen molar-refractivity contribution in [2.45, 2.75) is 11.4 Å². The van der Waals surface area contributed by atoms with Gasteiger partial charge >= 0.3 is 0 Å². The summed E-state index contributed by atoms with van der Waals surface area (Å²) in [5, 5.41) is 3.03. The van der Waals surface area contributed by atoms with E-state index in [1.807, 2.05) is 0 Å². The Morgan fingerprint density at radius 2 is 2.36 bits per heavy atom. The van der Waals surface area contributed by atoms with E-state index in [1.165, 1.54) is 12.3 Å². The zero-order valence-corrected chi connectivity index (χ0v) is 8.17. The Hall–Kier alpha value is -0.870. The number of alkyl halides is 1. The van der Waals surface area contributed by atoms with Crippen LogP contribution >= 0.6 is 11.6 Å². The van der Waals surface area contributed by atoms with Crippen LogP contribution in [-0.2, 0) is 4.74 Å². The number of rotatable bonds is 2. The number of hydrogen-bond donors (Lipinski definition) is 1. The fraction of sp³-hybridized carbons (Fsp3) is 0.444. The van der Waals surface area contributed by atoms with Gasteiger partial charge in [-0.2, -0.15) is 0 Å². The van der Waals surface area contributed by atoms with Gasteiger partial charge in [0.05, 0.1) is 30.8 Å². The summed E-state index contributed by atoms with van der Waals surface area (Å²) in [7, 11) is 0. The van der Waals surface area contributed by atoms with E-state index in [4.69, 9.17) is 16.3 Å². The van der Waals surface area contributed by atoms with Crippen molar-refractivity contribution in [1.29, 1.82) is 0 Å². The number of nitrogens with one attached hydrogen (secondary N) is 1. The summed E-state index contributed by atoms with van der Waals surface area (Å²) < 4.78 is 17.7. The average molecular weight is 217 g/mol.